The van der Waals surface area contributed by atoms with Crippen molar-refractivity contribution >= 4 is 44.2 Å². The Kier molecular flexibility index (Phi) is 7.72. The van der Waals surface area contributed by atoms with Gasteiger partial charge in [0.25, 0.3) is 15.9 Å². The minimum atomic E-state index is -3.94. The Morgan fingerprint density at radius 2 is 1.85 bits per heavy atom. The molecule has 0 bridgehead atoms. The third kappa shape index (κ3) is 5.84. The van der Waals surface area contributed by atoms with Crippen LogP contribution in [0.25, 0.3) is 11.0 Å². The summed E-state index contributed by atoms with van der Waals surface area (Å²) in [7, 11) is -3.94. The third-order valence-corrected chi connectivity index (χ3v) is 8.46. The molecule has 2 aromatic heterocycles. The smallest absolute Gasteiger partial charge is 0.287 e. The van der Waals surface area contributed by atoms with Crippen LogP contribution in [0.4, 0.5) is 5.69 Å². The maximum absolute atomic E-state index is 13.8. The first-order valence-electron chi connectivity index (χ1n) is 12.4. The normalized spacial score (nSPS) is 11.5. The largest absolute Gasteiger partial charge is 0.451 e. The van der Waals surface area contributed by atoms with Crippen LogP contribution < -0.4 is 9.62 Å². The van der Waals surface area contributed by atoms with E-state index < -0.39 is 10.0 Å². The van der Waals surface area contributed by atoms with Crippen LogP contribution in [0, 0.1) is 6.92 Å². The van der Waals surface area contributed by atoms with Crippen LogP contribution in [0.3, 0.4) is 0 Å². The van der Waals surface area contributed by atoms with Crippen molar-refractivity contribution in [3.63, 3.8) is 0 Å². The number of nitrogens with zero attached hydrogens (tertiary/aromatic N) is 3. The molecule has 8 nitrogen and oxygen atoms in total. The molecule has 0 atom stereocenters. The number of sulfonamides is 1. The second-order valence-electron chi connectivity index (χ2n) is 9.10. The van der Waals surface area contributed by atoms with Gasteiger partial charge in [0.2, 0.25) is 0 Å². The maximum Gasteiger partial charge on any atom is 0.287 e. The molecule has 0 saturated heterocycles. The Hall–Kier alpha value is -4.08. The summed E-state index contributed by atoms with van der Waals surface area (Å²) in [6.07, 6.45) is 6.06. The van der Waals surface area contributed by atoms with Gasteiger partial charge in [0.15, 0.2) is 5.76 Å². The Bertz CT molecular complexity index is 1680. The lowest BCUT2D eigenvalue weighted by Crippen LogP contribution is -2.30. The second-order valence-corrected chi connectivity index (χ2v) is 11.4. The second kappa shape index (κ2) is 11.3. The fraction of sp³-hybridized carbons (Fsp3) is 0.172. The van der Waals surface area contributed by atoms with E-state index in [9.17, 15) is 13.2 Å². The molecule has 0 radical (unpaired) electrons. The van der Waals surface area contributed by atoms with Gasteiger partial charge in [-0.2, -0.15) is 0 Å². The molecule has 39 heavy (non-hydrogen) atoms. The van der Waals surface area contributed by atoms with Crippen molar-refractivity contribution in [2.45, 2.75) is 31.3 Å². The Labute approximate surface area is 231 Å². The predicted octanol–water partition coefficient (Wildman–Crippen LogP) is 5.81. The van der Waals surface area contributed by atoms with Crippen molar-refractivity contribution in [3.05, 3.63) is 113 Å². The fourth-order valence-corrected chi connectivity index (χ4v) is 5.91. The summed E-state index contributed by atoms with van der Waals surface area (Å²) in [4.78, 5) is 17.0. The van der Waals surface area contributed by atoms with Gasteiger partial charge in [-0.05, 0) is 61.4 Å². The Balaban J connectivity index is 1.43. The van der Waals surface area contributed by atoms with Crippen molar-refractivity contribution < 1.29 is 17.6 Å². The van der Waals surface area contributed by atoms with Gasteiger partial charge in [0.1, 0.15) is 5.58 Å². The van der Waals surface area contributed by atoms with E-state index in [0.29, 0.717) is 33.8 Å². The highest BCUT2D eigenvalue weighted by Gasteiger charge is 2.27. The molecule has 0 aliphatic heterocycles. The number of nitrogens with one attached hydrogen (secondary N) is 1. The molecular weight excluding hydrogens is 536 g/mol. The number of aryl methyl sites for hydroxylation is 2. The molecule has 3 aromatic carbocycles. The molecule has 10 heteroatoms. The fourth-order valence-electron chi connectivity index (χ4n) is 4.34. The number of carbonyl (C=O) groups is 1. The van der Waals surface area contributed by atoms with Crippen molar-refractivity contribution in [1.29, 1.82) is 0 Å². The van der Waals surface area contributed by atoms with E-state index in [1.807, 2.05) is 41.1 Å². The van der Waals surface area contributed by atoms with Crippen LogP contribution in [0.15, 0.2) is 101 Å². The molecule has 0 unspecified atom stereocenters. The Morgan fingerprint density at radius 1 is 1.08 bits per heavy atom. The Morgan fingerprint density at radius 3 is 2.56 bits per heavy atom. The standard InChI is InChI=1S/C29H27ClN4O4S/c1-21-26-18-24(10-13-27(26)38-28(21)29(35)32-14-5-16-33-17-15-31-20-33)34(19-22-6-3-2-4-7-22)39(36,37)25-11-8-23(30)9-12-25/h2-4,6-13,15,17-18,20H,5,14,16,19H2,1H3,(H,32,35). The van der Waals surface area contributed by atoms with Crippen molar-refractivity contribution in [3.8, 4) is 0 Å². The van der Waals surface area contributed by atoms with E-state index in [1.54, 1.807) is 49.8 Å². The van der Waals surface area contributed by atoms with Gasteiger partial charge in [-0.3, -0.25) is 9.10 Å². The molecule has 2 heterocycles. The van der Waals surface area contributed by atoms with Crippen LogP contribution in [0.2, 0.25) is 5.02 Å². The quantitative estimate of drug-likeness (QED) is 0.217. The lowest BCUT2D eigenvalue weighted by Gasteiger charge is -2.25. The number of imidazole rings is 1. The summed E-state index contributed by atoms with van der Waals surface area (Å²) >= 11 is 6.01. The summed E-state index contributed by atoms with van der Waals surface area (Å²) in [5, 5.41) is 4.02. The summed E-state index contributed by atoms with van der Waals surface area (Å²) in [6.45, 7) is 3.13. The zero-order chi connectivity index (χ0) is 27.4. The molecule has 0 aliphatic carbocycles. The first-order chi connectivity index (χ1) is 18.8. The zero-order valence-corrected chi connectivity index (χ0v) is 22.8. The number of halogens is 1. The van der Waals surface area contributed by atoms with Gasteiger partial charge < -0.3 is 14.3 Å². The molecule has 1 amide bonds. The molecule has 1 N–H and O–H groups in total. The van der Waals surface area contributed by atoms with Gasteiger partial charge in [-0.25, -0.2) is 13.4 Å². The highest BCUT2D eigenvalue weighted by Crippen LogP contribution is 2.33. The molecule has 0 fully saturated rings. The van der Waals surface area contributed by atoms with E-state index in [4.69, 9.17) is 16.0 Å². The van der Waals surface area contributed by atoms with Gasteiger partial charge in [-0.1, -0.05) is 41.9 Å². The van der Waals surface area contributed by atoms with E-state index >= 15 is 0 Å². The van der Waals surface area contributed by atoms with E-state index in [0.717, 1.165) is 18.5 Å². The minimum Gasteiger partial charge on any atom is -0.451 e. The highest BCUT2D eigenvalue weighted by atomic mass is 35.5. The van der Waals surface area contributed by atoms with Crippen LogP contribution in [0.1, 0.15) is 28.1 Å². The van der Waals surface area contributed by atoms with Crippen molar-refractivity contribution in [2.24, 2.45) is 0 Å². The van der Waals surface area contributed by atoms with Crippen LogP contribution in [0.5, 0.6) is 0 Å². The van der Waals surface area contributed by atoms with E-state index in [1.165, 1.54) is 16.4 Å². The topological polar surface area (TPSA) is 97.4 Å². The number of anilines is 1. The number of aromatic nitrogens is 2. The van der Waals surface area contributed by atoms with Crippen LogP contribution >= 0.6 is 11.6 Å². The average Bonchev–Trinajstić information content (AvgIpc) is 3.58. The third-order valence-electron chi connectivity index (χ3n) is 6.42. The number of amides is 1. The van der Waals surface area contributed by atoms with Crippen molar-refractivity contribution in [1.82, 2.24) is 14.9 Å². The van der Waals surface area contributed by atoms with Crippen LogP contribution in [-0.2, 0) is 23.1 Å². The average molecular weight is 563 g/mol. The summed E-state index contributed by atoms with van der Waals surface area (Å²) in [5.74, 6) is -0.106. The SMILES string of the molecule is Cc1c(C(=O)NCCCn2ccnc2)oc2ccc(N(Cc3ccccc3)S(=O)(=O)c3ccc(Cl)cc3)cc12. The zero-order valence-electron chi connectivity index (χ0n) is 21.2. The molecule has 5 rings (SSSR count). The lowest BCUT2D eigenvalue weighted by atomic mass is 10.1. The molecule has 0 aliphatic rings. The van der Waals surface area contributed by atoms with E-state index in [2.05, 4.69) is 10.3 Å². The molecular formula is C29H27ClN4O4S. The summed E-state index contributed by atoms with van der Waals surface area (Å²) in [5.41, 5.74) is 2.43. The maximum atomic E-state index is 13.8. The van der Waals surface area contributed by atoms with Crippen molar-refractivity contribution in [2.75, 3.05) is 10.8 Å². The van der Waals surface area contributed by atoms with Gasteiger partial charge in [0, 0.05) is 41.5 Å². The molecule has 0 saturated carbocycles. The first-order valence-corrected chi connectivity index (χ1v) is 14.2. The summed E-state index contributed by atoms with van der Waals surface area (Å²) < 4.78 is 36.8. The number of benzene rings is 3. The number of hydrogen-bond acceptors (Lipinski definition) is 5. The molecule has 0 spiro atoms. The first kappa shape index (κ1) is 26.5. The van der Waals surface area contributed by atoms with Gasteiger partial charge in [-0.15, -0.1) is 0 Å². The lowest BCUT2D eigenvalue weighted by molar-refractivity contribution is 0.0926. The highest BCUT2D eigenvalue weighted by molar-refractivity contribution is 7.92. The number of carbonyl (C=O) groups excluding carboxylic acids is 1. The van der Waals surface area contributed by atoms with Gasteiger partial charge in [0.05, 0.1) is 23.5 Å². The van der Waals surface area contributed by atoms with Gasteiger partial charge >= 0.3 is 0 Å². The number of fused-ring (bicyclic) bond motifs is 1. The number of rotatable bonds is 10. The van der Waals surface area contributed by atoms with E-state index in [-0.39, 0.29) is 23.1 Å². The van der Waals surface area contributed by atoms with Crippen LogP contribution in [-0.4, -0.2) is 30.4 Å². The summed E-state index contributed by atoms with van der Waals surface area (Å²) in [6, 6.07) is 20.6. The minimum absolute atomic E-state index is 0.123. The monoisotopic (exact) mass is 562 g/mol. The number of furan rings is 1. The predicted molar refractivity (Wildman–Crippen MR) is 151 cm³/mol. The molecule has 5 aromatic rings. The number of hydrogen-bond donors (Lipinski definition) is 1. The molecule has 200 valence electrons.